The van der Waals surface area contributed by atoms with Gasteiger partial charge in [-0.05, 0) is 80.6 Å². The van der Waals surface area contributed by atoms with Crippen LogP contribution in [-0.4, -0.2) is 41.1 Å². The summed E-state index contributed by atoms with van der Waals surface area (Å²) >= 11 is 1.67. The summed E-state index contributed by atoms with van der Waals surface area (Å²) in [4.78, 5) is 19.8. The Bertz CT molecular complexity index is 1130. The molecule has 0 unspecified atom stereocenters. The van der Waals surface area contributed by atoms with Crippen molar-refractivity contribution in [3.63, 3.8) is 0 Å². The van der Waals surface area contributed by atoms with Crippen molar-refractivity contribution in [3.8, 4) is 11.5 Å². The molecule has 1 aromatic heterocycles. The highest BCUT2D eigenvalue weighted by atomic mass is 32.1. The van der Waals surface area contributed by atoms with Crippen molar-refractivity contribution in [1.82, 2.24) is 9.88 Å². The van der Waals surface area contributed by atoms with Gasteiger partial charge in [-0.3, -0.25) is 9.69 Å². The van der Waals surface area contributed by atoms with Crippen molar-refractivity contribution in [2.24, 2.45) is 11.3 Å². The van der Waals surface area contributed by atoms with Gasteiger partial charge in [0.05, 0.1) is 22.3 Å². The summed E-state index contributed by atoms with van der Waals surface area (Å²) in [6.45, 7) is 4.80. The molecule has 3 aromatic rings. The predicted molar refractivity (Wildman–Crippen MR) is 123 cm³/mol. The molecule has 5 rings (SSSR count). The second-order valence-corrected chi connectivity index (χ2v) is 10.0. The van der Waals surface area contributed by atoms with Crippen molar-refractivity contribution in [1.29, 1.82) is 0 Å². The van der Waals surface area contributed by atoms with E-state index in [0.29, 0.717) is 5.75 Å². The van der Waals surface area contributed by atoms with Crippen LogP contribution < -0.4 is 10.1 Å². The summed E-state index contributed by atoms with van der Waals surface area (Å²) in [7, 11) is 1.57. The van der Waals surface area contributed by atoms with E-state index >= 15 is 0 Å². The molecule has 1 spiro atoms. The number of phenolic OH excluding ortho intramolecular Hbond substituents is 1. The smallest absolute Gasteiger partial charge is 0.228 e. The number of rotatable bonds is 5. The molecule has 0 bridgehead atoms. The third-order valence-electron chi connectivity index (χ3n) is 6.77. The SMILES string of the molecule is COc1cc(CN2CCC3(CC2)C[C@H]3C(=O)Nc2ccc3sc(C)nc3c2)ccc1O. The quantitative estimate of drug-likeness (QED) is 0.612. The lowest BCUT2D eigenvalue weighted by molar-refractivity contribution is -0.118. The van der Waals surface area contributed by atoms with Gasteiger partial charge in [-0.15, -0.1) is 11.3 Å². The minimum Gasteiger partial charge on any atom is -0.504 e. The third-order valence-corrected chi connectivity index (χ3v) is 7.72. The number of aromatic hydroxyl groups is 1. The number of piperidine rings is 1. The highest BCUT2D eigenvalue weighted by molar-refractivity contribution is 7.18. The van der Waals surface area contributed by atoms with Gasteiger partial charge in [0.25, 0.3) is 0 Å². The lowest BCUT2D eigenvalue weighted by Crippen LogP contribution is -2.35. The van der Waals surface area contributed by atoms with Gasteiger partial charge < -0.3 is 15.2 Å². The normalized spacial score (nSPS) is 20.1. The van der Waals surface area contributed by atoms with Crippen LogP contribution in [0.3, 0.4) is 0 Å². The number of aryl methyl sites for hydroxylation is 1. The van der Waals surface area contributed by atoms with E-state index in [1.54, 1.807) is 24.5 Å². The van der Waals surface area contributed by atoms with E-state index < -0.39 is 0 Å². The number of benzene rings is 2. The van der Waals surface area contributed by atoms with Crippen molar-refractivity contribution >= 4 is 33.1 Å². The highest BCUT2D eigenvalue weighted by Gasteiger charge is 2.58. The molecule has 2 aliphatic rings. The molecule has 162 valence electrons. The number of methoxy groups -OCH3 is 1. The molecule has 1 saturated heterocycles. The highest BCUT2D eigenvalue weighted by Crippen LogP contribution is 2.59. The monoisotopic (exact) mass is 437 g/mol. The zero-order chi connectivity index (χ0) is 21.6. The molecular formula is C24H27N3O3S. The lowest BCUT2D eigenvalue weighted by atomic mass is 9.90. The van der Waals surface area contributed by atoms with Crippen LogP contribution in [0.5, 0.6) is 11.5 Å². The van der Waals surface area contributed by atoms with Crippen LogP contribution in [-0.2, 0) is 11.3 Å². The van der Waals surface area contributed by atoms with Crippen LogP contribution in [0.15, 0.2) is 36.4 Å². The number of nitrogens with one attached hydrogen (secondary N) is 1. The van der Waals surface area contributed by atoms with Gasteiger partial charge >= 0.3 is 0 Å². The number of carbonyl (C=O) groups is 1. The van der Waals surface area contributed by atoms with Crippen LogP contribution in [0, 0.1) is 18.3 Å². The number of aromatic nitrogens is 1. The van der Waals surface area contributed by atoms with Crippen molar-refractivity contribution in [2.45, 2.75) is 32.7 Å². The Morgan fingerprint density at radius 2 is 2.10 bits per heavy atom. The largest absolute Gasteiger partial charge is 0.504 e. The number of thiazole rings is 1. The number of amides is 1. The number of anilines is 1. The molecule has 2 aromatic carbocycles. The average Bonchev–Trinajstić information content (AvgIpc) is 3.33. The summed E-state index contributed by atoms with van der Waals surface area (Å²) < 4.78 is 6.37. The van der Waals surface area contributed by atoms with Crippen LogP contribution in [0.4, 0.5) is 5.69 Å². The minimum absolute atomic E-state index is 0.108. The summed E-state index contributed by atoms with van der Waals surface area (Å²) in [5.41, 5.74) is 3.08. The van der Waals surface area contributed by atoms with Gasteiger partial charge in [0.1, 0.15) is 0 Å². The fourth-order valence-corrected chi connectivity index (χ4v) is 5.66. The lowest BCUT2D eigenvalue weighted by Gasteiger charge is -2.33. The summed E-state index contributed by atoms with van der Waals surface area (Å²) in [5, 5.41) is 13.9. The van der Waals surface area contributed by atoms with Crippen molar-refractivity contribution in [2.75, 3.05) is 25.5 Å². The molecule has 2 fully saturated rings. The Morgan fingerprint density at radius 3 is 2.87 bits per heavy atom. The van der Waals surface area contributed by atoms with Crippen molar-refractivity contribution < 1.29 is 14.6 Å². The second kappa shape index (κ2) is 7.80. The van der Waals surface area contributed by atoms with Gasteiger partial charge in [0.2, 0.25) is 5.91 Å². The molecule has 2 N–H and O–H groups in total. The summed E-state index contributed by atoms with van der Waals surface area (Å²) in [6.07, 6.45) is 3.08. The van der Waals surface area contributed by atoms with Gasteiger partial charge in [0.15, 0.2) is 11.5 Å². The molecule has 31 heavy (non-hydrogen) atoms. The number of nitrogens with zero attached hydrogens (tertiary/aromatic N) is 2. The van der Waals surface area contributed by atoms with E-state index in [2.05, 4.69) is 15.2 Å². The number of hydrogen-bond acceptors (Lipinski definition) is 6. The van der Waals surface area contributed by atoms with E-state index in [1.165, 1.54) is 0 Å². The first kappa shape index (κ1) is 20.3. The molecule has 1 atom stereocenters. The molecule has 1 aliphatic heterocycles. The minimum atomic E-state index is 0.108. The number of hydrogen-bond donors (Lipinski definition) is 2. The number of fused-ring (bicyclic) bond motifs is 1. The maximum absolute atomic E-state index is 12.9. The van der Waals surface area contributed by atoms with E-state index in [0.717, 1.165) is 65.4 Å². The number of likely N-dealkylation sites (tertiary alicyclic amines) is 1. The maximum Gasteiger partial charge on any atom is 0.228 e. The summed E-state index contributed by atoms with van der Waals surface area (Å²) in [6, 6.07) is 11.5. The van der Waals surface area contributed by atoms with E-state index in [-0.39, 0.29) is 23.0 Å². The first-order chi connectivity index (χ1) is 15.0. The molecular weight excluding hydrogens is 410 g/mol. The van der Waals surface area contributed by atoms with Gasteiger partial charge in [-0.1, -0.05) is 6.07 Å². The van der Waals surface area contributed by atoms with Crippen LogP contribution in [0.25, 0.3) is 10.2 Å². The average molecular weight is 438 g/mol. The molecule has 7 heteroatoms. The Morgan fingerprint density at radius 1 is 1.29 bits per heavy atom. The fraction of sp³-hybridized carbons (Fsp3) is 0.417. The first-order valence-electron chi connectivity index (χ1n) is 10.7. The number of ether oxygens (including phenoxy) is 1. The van der Waals surface area contributed by atoms with Crippen LogP contribution in [0.2, 0.25) is 0 Å². The maximum atomic E-state index is 12.9. The Labute approximate surface area is 185 Å². The molecule has 6 nitrogen and oxygen atoms in total. The summed E-state index contributed by atoms with van der Waals surface area (Å²) in [5.74, 6) is 0.926. The third kappa shape index (κ3) is 4.00. The van der Waals surface area contributed by atoms with E-state index in [1.807, 2.05) is 37.3 Å². The van der Waals surface area contributed by atoms with Gasteiger partial charge in [-0.2, -0.15) is 0 Å². The Balaban J connectivity index is 1.16. The fourth-order valence-electron chi connectivity index (χ4n) is 4.86. The molecule has 2 heterocycles. The van der Waals surface area contributed by atoms with Gasteiger partial charge in [-0.25, -0.2) is 4.98 Å². The topological polar surface area (TPSA) is 74.7 Å². The first-order valence-corrected chi connectivity index (χ1v) is 11.5. The van der Waals surface area contributed by atoms with Crippen LogP contribution in [0.1, 0.15) is 29.8 Å². The van der Waals surface area contributed by atoms with Gasteiger partial charge in [0, 0.05) is 18.2 Å². The predicted octanol–water partition coefficient (Wildman–Crippen LogP) is 4.56. The van der Waals surface area contributed by atoms with Crippen LogP contribution >= 0.6 is 11.3 Å². The zero-order valence-corrected chi connectivity index (χ0v) is 18.7. The van der Waals surface area contributed by atoms with E-state index in [4.69, 9.17) is 4.74 Å². The molecule has 1 amide bonds. The van der Waals surface area contributed by atoms with E-state index in [9.17, 15) is 9.90 Å². The molecule has 0 radical (unpaired) electrons. The standard InChI is InChI=1S/C24H27N3O3S/c1-15-25-19-12-17(4-6-22(19)31-15)26-23(29)18-13-24(18)7-9-27(10-8-24)14-16-3-5-20(28)21(11-16)30-2/h3-6,11-12,18,28H,7-10,13-14H2,1-2H3,(H,26,29)/t18-/m0/s1. The second-order valence-electron chi connectivity index (χ2n) is 8.81. The van der Waals surface area contributed by atoms with Crippen molar-refractivity contribution in [3.05, 3.63) is 47.0 Å². The number of phenols is 1. The zero-order valence-electron chi connectivity index (χ0n) is 17.9. The Hall–Kier alpha value is -2.64. The molecule has 1 aliphatic carbocycles. The molecule has 1 saturated carbocycles. The Kier molecular flexibility index (Phi) is 5.10. The number of carbonyl (C=O) groups excluding carboxylic acids is 1.